The molecule has 2 aromatic carbocycles. The van der Waals surface area contributed by atoms with E-state index in [-0.39, 0.29) is 5.91 Å². The average Bonchev–Trinajstić information content (AvgIpc) is 2.45. The van der Waals surface area contributed by atoms with Gasteiger partial charge in [-0.2, -0.15) is 0 Å². The molecule has 2 nitrogen and oxygen atoms in total. The van der Waals surface area contributed by atoms with Crippen LogP contribution in [0.3, 0.4) is 0 Å². The molecule has 0 saturated heterocycles. The van der Waals surface area contributed by atoms with Crippen LogP contribution in [0.5, 0.6) is 0 Å². The monoisotopic (exact) mass is 403 g/mol. The van der Waals surface area contributed by atoms with E-state index in [1.165, 1.54) is 5.56 Å². The largest absolute Gasteiger partial charge is 0.325 e. The Balaban J connectivity index is 1.79. The van der Waals surface area contributed by atoms with Crippen molar-refractivity contribution in [1.29, 1.82) is 0 Å². The Hall–Kier alpha value is -0.680. The van der Waals surface area contributed by atoms with Crippen molar-refractivity contribution in [1.82, 2.24) is 0 Å². The maximum absolute atomic E-state index is 11.8. The predicted molar refractivity (Wildman–Crippen MR) is 95.4 cm³/mol. The van der Waals surface area contributed by atoms with Gasteiger partial charge in [0.25, 0.3) is 0 Å². The van der Waals surface area contributed by atoms with Crippen molar-refractivity contribution in [3.8, 4) is 0 Å². The molecule has 0 aliphatic rings. The van der Waals surface area contributed by atoms with Gasteiger partial charge in [-0.05, 0) is 35.9 Å². The molecular weight excluding hydrogens is 393 g/mol. The second-order valence-electron chi connectivity index (χ2n) is 4.30. The highest BCUT2D eigenvalue weighted by Crippen LogP contribution is 2.25. The van der Waals surface area contributed by atoms with Gasteiger partial charge in [-0.15, -0.1) is 11.8 Å². The number of carbonyl (C=O) groups is 1. The third-order valence-electron chi connectivity index (χ3n) is 2.62. The molecule has 6 heteroatoms. The van der Waals surface area contributed by atoms with Crippen LogP contribution in [0.1, 0.15) is 5.56 Å². The Labute approximate surface area is 146 Å². The fourth-order valence-corrected chi connectivity index (χ4v) is 2.96. The summed E-state index contributed by atoms with van der Waals surface area (Å²) in [6, 6.07) is 13.1. The lowest BCUT2D eigenvalue weighted by molar-refractivity contribution is -0.113. The van der Waals surface area contributed by atoms with Crippen LogP contribution in [-0.2, 0) is 10.5 Å². The zero-order chi connectivity index (χ0) is 15.2. The van der Waals surface area contributed by atoms with Gasteiger partial charge in [0, 0.05) is 15.9 Å². The number of nitrogens with one attached hydrogen (secondary N) is 1. The van der Waals surface area contributed by atoms with Crippen molar-refractivity contribution < 1.29 is 4.79 Å². The molecule has 0 aromatic heterocycles. The maximum atomic E-state index is 11.8. The van der Waals surface area contributed by atoms with Crippen LogP contribution in [0.4, 0.5) is 5.69 Å². The SMILES string of the molecule is O=C(CSCc1ccc(Br)cc1)Nc1ccc(Cl)c(Cl)c1. The van der Waals surface area contributed by atoms with Gasteiger partial charge in [0.05, 0.1) is 15.8 Å². The summed E-state index contributed by atoms with van der Waals surface area (Å²) in [6.45, 7) is 0. The molecule has 2 rings (SSSR count). The minimum Gasteiger partial charge on any atom is -0.325 e. The highest BCUT2D eigenvalue weighted by atomic mass is 79.9. The smallest absolute Gasteiger partial charge is 0.234 e. The van der Waals surface area contributed by atoms with E-state index in [1.807, 2.05) is 24.3 Å². The summed E-state index contributed by atoms with van der Waals surface area (Å²) in [4.78, 5) is 11.8. The number of amides is 1. The molecule has 0 fully saturated rings. The fourth-order valence-electron chi connectivity index (χ4n) is 1.61. The molecule has 1 N–H and O–H groups in total. The van der Waals surface area contributed by atoms with E-state index >= 15 is 0 Å². The van der Waals surface area contributed by atoms with Gasteiger partial charge in [0.2, 0.25) is 5.91 Å². The number of halogens is 3. The number of anilines is 1. The van der Waals surface area contributed by atoms with E-state index in [2.05, 4.69) is 21.2 Å². The van der Waals surface area contributed by atoms with Gasteiger partial charge in [0.15, 0.2) is 0 Å². The predicted octanol–water partition coefficient (Wildman–Crippen LogP) is 5.63. The first-order valence-corrected chi connectivity index (χ1v) is 8.82. The second kappa shape index (κ2) is 8.08. The lowest BCUT2D eigenvalue weighted by atomic mass is 10.2. The molecule has 21 heavy (non-hydrogen) atoms. The van der Waals surface area contributed by atoms with Crippen molar-refractivity contribution in [3.63, 3.8) is 0 Å². The van der Waals surface area contributed by atoms with Crippen molar-refractivity contribution in [3.05, 3.63) is 62.5 Å². The molecule has 2 aromatic rings. The topological polar surface area (TPSA) is 29.1 Å². The summed E-state index contributed by atoms with van der Waals surface area (Å²) in [6.07, 6.45) is 0. The van der Waals surface area contributed by atoms with Gasteiger partial charge in [-0.25, -0.2) is 0 Å². The van der Waals surface area contributed by atoms with E-state index in [1.54, 1.807) is 30.0 Å². The molecule has 0 aliphatic carbocycles. The van der Waals surface area contributed by atoms with Crippen LogP contribution in [0.2, 0.25) is 10.0 Å². The van der Waals surface area contributed by atoms with E-state index in [0.717, 1.165) is 10.2 Å². The van der Waals surface area contributed by atoms with Crippen molar-refractivity contribution in [2.45, 2.75) is 5.75 Å². The molecule has 1 amide bonds. The maximum Gasteiger partial charge on any atom is 0.234 e. The van der Waals surface area contributed by atoms with Gasteiger partial charge in [0.1, 0.15) is 0 Å². The normalized spacial score (nSPS) is 10.4. The van der Waals surface area contributed by atoms with Crippen LogP contribution in [0.15, 0.2) is 46.9 Å². The molecule has 110 valence electrons. The zero-order valence-corrected chi connectivity index (χ0v) is 14.8. The lowest BCUT2D eigenvalue weighted by Gasteiger charge is -2.06. The van der Waals surface area contributed by atoms with Crippen LogP contribution in [0.25, 0.3) is 0 Å². The Morgan fingerprint density at radius 1 is 1.10 bits per heavy atom. The number of hydrogen-bond donors (Lipinski definition) is 1. The molecular formula is C15H12BrCl2NOS. The van der Waals surface area contributed by atoms with E-state index in [4.69, 9.17) is 23.2 Å². The number of carbonyl (C=O) groups excluding carboxylic acids is 1. The highest BCUT2D eigenvalue weighted by Gasteiger charge is 2.05. The van der Waals surface area contributed by atoms with Crippen molar-refractivity contribution in [2.75, 3.05) is 11.1 Å². The number of thioether (sulfide) groups is 1. The number of hydrogen-bond acceptors (Lipinski definition) is 2. The summed E-state index contributed by atoms with van der Waals surface area (Å²) < 4.78 is 1.05. The Morgan fingerprint density at radius 2 is 1.81 bits per heavy atom. The van der Waals surface area contributed by atoms with Gasteiger partial charge in [-0.3, -0.25) is 4.79 Å². The van der Waals surface area contributed by atoms with Crippen LogP contribution in [-0.4, -0.2) is 11.7 Å². The van der Waals surface area contributed by atoms with E-state index in [9.17, 15) is 4.79 Å². The second-order valence-corrected chi connectivity index (χ2v) is 7.01. The standard InChI is InChI=1S/C15H12BrCl2NOS/c16-11-3-1-10(2-4-11)8-21-9-15(20)19-12-5-6-13(17)14(18)7-12/h1-7H,8-9H2,(H,19,20). The number of benzene rings is 2. The molecule has 0 radical (unpaired) electrons. The lowest BCUT2D eigenvalue weighted by Crippen LogP contribution is -2.14. The zero-order valence-electron chi connectivity index (χ0n) is 10.9. The van der Waals surface area contributed by atoms with E-state index < -0.39 is 0 Å². The van der Waals surface area contributed by atoms with Gasteiger partial charge >= 0.3 is 0 Å². The highest BCUT2D eigenvalue weighted by molar-refractivity contribution is 9.10. The molecule has 0 aliphatic heterocycles. The van der Waals surface area contributed by atoms with Crippen LogP contribution < -0.4 is 5.32 Å². The Morgan fingerprint density at radius 3 is 2.48 bits per heavy atom. The molecule has 0 unspecified atom stereocenters. The molecule has 0 saturated carbocycles. The minimum absolute atomic E-state index is 0.0597. The molecule has 0 atom stereocenters. The molecule has 0 heterocycles. The Kier molecular flexibility index (Phi) is 6.42. The number of rotatable bonds is 5. The first kappa shape index (κ1) is 16.7. The first-order chi connectivity index (χ1) is 10.0. The summed E-state index contributed by atoms with van der Waals surface area (Å²) in [5.41, 5.74) is 1.84. The van der Waals surface area contributed by atoms with Crippen LogP contribution >= 0.6 is 50.9 Å². The third kappa shape index (κ3) is 5.55. The minimum atomic E-state index is -0.0597. The first-order valence-electron chi connectivity index (χ1n) is 6.11. The quantitative estimate of drug-likeness (QED) is 0.699. The van der Waals surface area contributed by atoms with Gasteiger partial charge < -0.3 is 5.32 Å². The summed E-state index contributed by atoms with van der Waals surface area (Å²) >= 11 is 16.7. The molecule has 0 spiro atoms. The van der Waals surface area contributed by atoms with Gasteiger partial charge in [-0.1, -0.05) is 51.3 Å². The third-order valence-corrected chi connectivity index (χ3v) is 4.89. The van der Waals surface area contributed by atoms with Crippen molar-refractivity contribution >= 4 is 62.5 Å². The molecule has 0 bridgehead atoms. The summed E-state index contributed by atoms with van der Waals surface area (Å²) in [7, 11) is 0. The van der Waals surface area contributed by atoms with E-state index in [0.29, 0.717) is 21.5 Å². The fraction of sp³-hybridized carbons (Fsp3) is 0.133. The van der Waals surface area contributed by atoms with Crippen molar-refractivity contribution in [2.24, 2.45) is 0 Å². The summed E-state index contributed by atoms with van der Waals surface area (Å²) in [5.74, 6) is 1.12. The average molecular weight is 405 g/mol. The Bertz CT molecular complexity index is 634. The van der Waals surface area contributed by atoms with Crippen LogP contribution in [0, 0.1) is 0 Å². The summed E-state index contributed by atoms with van der Waals surface area (Å²) in [5, 5.41) is 3.69.